The second kappa shape index (κ2) is 40.9. The zero-order valence-corrected chi connectivity index (χ0v) is 10.6. The van der Waals surface area contributed by atoms with Gasteiger partial charge in [-0.15, -0.1) is 0 Å². The Morgan fingerprint density at radius 2 is 0.818 bits per heavy atom. The number of rotatable bonds is 3. The largest absolute Gasteiger partial charge is 4.00 e. The van der Waals surface area contributed by atoms with Gasteiger partial charge in [0.05, 0.1) is 0 Å². The van der Waals surface area contributed by atoms with Crippen LogP contribution in [0.1, 0.15) is 12.8 Å². The average Bonchev–Trinajstić information content (AvgIpc) is 1.61. The minimum Gasteiger partial charge on any atom is -1.00 e. The van der Waals surface area contributed by atoms with E-state index in [0.717, 1.165) is 25.9 Å². The first kappa shape index (κ1) is 38.6. The summed E-state index contributed by atoms with van der Waals surface area (Å²) in [5.74, 6) is 0. The molecule has 2 nitrogen and oxygen atoms in total. The average molecular weight is 278 g/mol. The molecule has 0 aromatic heterocycles. The molecule has 0 bridgehead atoms. The van der Waals surface area contributed by atoms with Crippen molar-refractivity contribution in [2.75, 3.05) is 13.1 Å². The third kappa shape index (κ3) is 49.2. The van der Waals surface area contributed by atoms with E-state index in [-0.39, 0.29) is 71.3 Å². The van der Waals surface area contributed by atoms with Crippen molar-refractivity contribution in [2.24, 2.45) is 11.5 Å². The van der Waals surface area contributed by atoms with E-state index in [1.807, 2.05) is 0 Å². The molecule has 0 atom stereocenters. The Balaban J connectivity index is -0.0000000125. The number of halogens is 4. The molecule has 70 valence electrons. The summed E-state index contributed by atoms with van der Waals surface area (Å²) in [6.07, 6.45) is 2.13. The molecule has 0 amide bonds. The van der Waals surface area contributed by atoms with Crippen LogP contribution in [0.4, 0.5) is 0 Å². The monoisotopic (exact) mass is 276 g/mol. The fourth-order valence-electron chi connectivity index (χ4n) is 0.289. The maximum absolute atomic E-state index is 5.16. The first-order valence-corrected chi connectivity index (χ1v) is 2.32. The van der Waals surface area contributed by atoms with E-state index in [9.17, 15) is 0 Å². The van der Waals surface area contributed by atoms with Gasteiger partial charge in [0.1, 0.15) is 0 Å². The standard InChI is InChI=1S/C4H12N2.4ClH.Ti/c5-3-1-2-4-6;;;;;/h1-6H2;4*1H;/q;;;;;+4/p-4. The molecule has 0 saturated heterocycles. The molecule has 0 rings (SSSR count). The summed E-state index contributed by atoms with van der Waals surface area (Å²) in [5, 5.41) is 0. The van der Waals surface area contributed by atoms with Crippen LogP contribution in [0.15, 0.2) is 0 Å². The minimum absolute atomic E-state index is 0. The summed E-state index contributed by atoms with van der Waals surface area (Å²) in [4.78, 5) is 0. The van der Waals surface area contributed by atoms with Crippen LogP contribution >= 0.6 is 0 Å². The maximum atomic E-state index is 5.16. The number of nitrogens with two attached hydrogens (primary N) is 2. The fraction of sp³-hybridized carbons (Fsp3) is 1.00. The first-order valence-electron chi connectivity index (χ1n) is 2.32. The zero-order valence-electron chi connectivity index (χ0n) is 5.99. The van der Waals surface area contributed by atoms with E-state index in [2.05, 4.69) is 0 Å². The third-order valence-corrected chi connectivity index (χ3v) is 0.658. The Morgan fingerprint density at radius 3 is 0.909 bits per heavy atom. The van der Waals surface area contributed by atoms with Crippen molar-refractivity contribution in [3.8, 4) is 0 Å². The van der Waals surface area contributed by atoms with E-state index in [0.29, 0.717) is 0 Å². The Bertz CT molecular complexity index is 32.1. The van der Waals surface area contributed by atoms with Gasteiger partial charge in [-0.2, -0.15) is 0 Å². The third-order valence-electron chi connectivity index (χ3n) is 0.658. The van der Waals surface area contributed by atoms with Crippen molar-refractivity contribution < 1.29 is 71.3 Å². The SMILES string of the molecule is NCCCCN.[Cl-].[Cl-].[Cl-].[Cl-].[Ti+4]. The van der Waals surface area contributed by atoms with E-state index in [1.54, 1.807) is 0 Å². The summed E-state index contributed by atoms with van der Waals surface area (Å²) in [7, 11) is 0. The van der Waals surface area contributed by atoms with Gasteiger partial charge in [-0.05, 0) is 25.9 Å². The molecule has 11 heavy (non-hydrogen) atoms. The molecule has 0 aromatic carbocycles. The summed E-state index contributed by atoms with van der Waals surface area (Å²) in [5.41, 5.74) is 10.3. The van der Waals surface area contributed by atoms with Crippen molar-refractivity contribution in [2.45, 2.75) is 12.8 Å². The van der Waals surface area contributed by atoms with Crippen LogP contribution in [0.25, 0.3) is 0 Å². The second-order valence-electron chi connectivity index (χ2n) is 1.28. The molecule has 0 aliphatic rings. The van der Waals surface area contributed by atoms with Crippen LogP contribution < -0.4 is 61.1 Å². The van der Waals surface area contributed by atoms with Gasteiger partial charge < -0.3 is 61.1 Å². The van der Waals surface area contributed by atoms with Gasteiger partial charge in [0.2, 0.25) is 0 Å². The van der Waals surface area contributed by atoms with Gasteiger partial charge in [-0.25, -0.2) is 0 Å². The molecule has 0 unspecified atom stereocenters. The van der Waals surface area contributed by atoms with Crippen molar-refractivity contribution in [3.63, 3.8) is 0 Å². The molecule has 0 radical (unpaired) electrons. The summed E-state index contributed by atoms with van der Waals surface area (Å²) >= 11 is 0. The van der Waals surface area contributed by atoms with Gasteiger partial charge in [0, 0.05) is 0 Å². The van der Waals surface area contributed by atoms with Gasteiger partial charge in [0.15, 0.2) is 0 Å². The molecular formula is C4H12Cl4N2Ti. The fourth-order valence-corrected chi connectivity index (χ4v) is 0.289. The van der Waals surface area contributed by atoms with Crippen LogP contribution in [-0.4, -0.2) is 13.1 Å². The van der Waals surface area contributed by atoms with Crippen LogP contribution in [-0.2, 0) is 21.7 Å². The quantitative estimate of drug-likeness (QED) is 0.398. The molecule has 7 heteroatoms. The first-order chi connectivity index (χ1) is 2.91. The summed E-state index contributed by atoms with van der Waals surface area (Å²) in [6, 6.07) is 0. The van der Waals surface area contributed by atoms with Gasteiger partial charge in [0.25, 0.3) is 0 Å². The topological polar surface area (TPSA) is 52.0 Å². The summed E-state index contributed by atoms with van der Waals surface area (Å²) < 4.78 is 0. The normalized spacial score (nSPS) is 4.91. The molecule has 0 saturated carbocycles. The van der Waals surface area contributed by atoms with Crippen LogP contribution in [0.3, 0.4) is 0 Å². The molecule has 0 spiro atoms. The number of hydrogen-bond acceptors (Lipinski definition) is 2. The van der Waals surface area contributed by atoms with Gasteiger partial charge in [-0.3, -0.25) is 0 Å². The van der Waals surface area contributed by atoms with E-state index >= 15 is 0 Å². The Kier molecular flexibility index (Phi) is 143. The molecular weight excluding hydrogens is 266 g/mol. The molecule has 0 heterocycles. The molecule has 0 aliphatic carbocycles. The molecule has 0 fully saturated rings. The Hall–Kier alpha value is 1.79. The van der Waals surface area contributed by atoms with Crippen LogP contribution in [0, 0.1) is 0 Å². The summed E-state index contributed by atoms with van der Waals surface area (Å²) in [6.45, 7) is 1.55. The van der Waals surface area contributed by atoms with Crippen molar-refractivity contribution in [3.05, 3.63) is 0 Å². The maximum Gasteiger partial charge on any atom is 4.00 e. The van der Waals surface area contributed by atoms with Gasteiger partial charge in [-0.1, -0.05) is 0 Å². The Labute approximate surface area is 108 Å². The number of unbranched alkanes of at least 4 members (excludes halogenated alkanes) is 1. The van der Waals surface area contributed by atoms with E-state index < -0.39 is 0 Å². The predicted octanol–water partition coefficient (Wildman–Crippen LogP) is -12.3. The van der Waals surface area contributed by atoms with E-state index in [1.165, 1.54) is 0 Å². The van der Waals surface area contributed by atoms with E-state index in [4.69, 9.17) is 11.5 Å². The van der Waals surface area contributed by atoms with Crippen molar-refractivity contribution in [1.29, 1.82) is 0 Å². The van der Waals surface area contributed by atoms with Crippen LogP contribution in [0.5, 0.6) is 0 Å². The van der Waals surface area contributed by atoms with Gasteiger partial charge >= 0.3 is 21.7 Å². The Morgan fingerprint density at radius 1 is 0.636 bits per heavy atom. The molecule has 4 N–H and O–H groups in total. The zero-order chi connectivity index (χ0) is 4.83. The predicted molar refractivity (Wildman–Crippen MR) is 27.3 cm³/mol. The van der Waals surface area contributed by atoms with Crippen molar-refractivity contribution in [1.82, 2.24) is 0 Å². The van der Waals surface area contributed by atoms with Crippen molar-refractivity contribution >= 4 is 0 Å². The molecule has 0 aromatic rings. The number of hydrogen-bond donors (Lipinski definition) is 2. The van der Waals surface area contributed by atoms with Crippen LogP contribution in [0.2, 0.25) is 0 Å². The molecule has 0 aliphatic heterocycles. The minimum atomic E-state index is 0. The second-order valence-corrected chi connectivity index (χ2v) is 1.28. The smallest absolute Gasteiger partial charge is 1.00 e.